The second-order valence-corrected chi connectivity index (χ2v) is 13.5. The van der Waals surface area contributed by atoms with E-state index in [-0.39, 0.29) is 18.3 Å². The fourth-order valence-electron chi connectivity index (χ4n) is 6.94. The van der Waals surface area contributed by atoms with E-state index in [0.717, 1.165) is 5.46 Å². The quantitative estimate of drug-likeness (QED) is 0.143. The number of hydrogen-bond acceptors (Lipinski definition) is 2. The average Bonchev–Trinajstić information content (AvgIpc) is 3.33. The van der Waals surface area contributed by atoms with Crippen LogP contribution in [0.25, 0.3) is 66.1 Å². The molecule has 0 bridgehead atoms. The van der Waals surface area contributed by atoms with Crippen molar-refractivity contribution in [1.29, 1.82) is 0 Å². The maximum Gasteiger partial charge on any atom is 0.494 e. The molecule has 0 aromatic heterocycles. The van der Waals surface area contributed by atoms with Crippen molar-refractivity contribution >= 4 is 34.1 Å². The summed E-state index contributed by atoms with van der Waals surface area (Å²) in [5.74, 6) is 0. The maximum absolute atomic E-state index is 6.27. The van der Waals surface area contributed by atoms with Crippen LogP contribution in [0.3, 0.4) is 0 Å². The van der Waals surface area contributed by atoms with Gasteiger partial charge in [0.1, 0.15) is 0 Å². The molecule has 1 aliphatic heterocycles. The highest BCUT2D eigenvalue weighted by Crippen LogP contribution is 2.46. The summed E-state index contributed by atoms with van der Waals surface area (Å²) in [7, 11) is -0.361. The number of benzene rings is 7. The van der Waals surface area contributed by atoms with Gasteiger partial charge in [-0.05, 0) is 99.2 Å². The van der Waals surface area contributed by atoms with Gasteiger partial charge in [0.15, 0.2) is 0 Å². The van der Waals surface area contributed by atoms with Crippen LogP contribution in [0.5, 0.6) is 0 Å². The Morgan fingerprint density at radius 1 is 0.362 bits per heavy atom. The fourth-order valence-corrected chi connectivity index (χ4v) is 6.94. The Kier molecular flexibility index (Phi) is 7.13. The summed E-state index contributed by atoms with van der Waals surface area (Å²) in [5, 5.41) is 5.02. The Bertz CT molecular complexity index is 2160. The van der Waals surface area contributed by atoms with Crippen LogP contribution in [0, 0.1) is 0 Å². The normalized spacial score (nSPS) is 15.4. The van der Waals surface area contributed by atoms with Crippen molar-refractivity contribution in [2.24, 2.45) is 0 Å². The molecule has 1 heterocycles. The van der Waals surface area contributed by atoms with E-state index in [1.54, 1.807) is 0 Å². The molecule has 8 rings (SSSR count). The molecule has 0 N–H and O–H groups in total. The van der Waals surface area contributed by atoms with Crippen molar-refractivity contribution in [3.05, 3.63) is 152 Å². The summed E-state index contributed by atoms with van der Waals surface area (Å²) in [4.78, 5) is 0. The zero-order valence-corrected chi connectivity index (χ0v) is 27.3. The van der Waals surface area contributed by atoms with Gasteiger partial charge in [-0.2, -0.15) is 0 Å². The molecular formula is C44H37BO2. The molecule has 1 aliphatic rings. The van der Waals surface area contributed by atoms with Crippen molar-refractivity contribution in [1.82, 2.24) is 0 Å². The Morgan fingerprint density at radius 2 is 0.766 bits per heavy atom. The van der Waals surface area contributed by atoms with Gasteiger partial charge in [-0.15, -0.1) is 0 Å². The Morgan fingerprint density at radius 3 is 1.30 bits per heavy atom. The Balaban J connectivity index is 1.21. The molecule has 0 amide bonds. The predicted octanol–water partition coefficient (Wildman–Crippen LogP) is 11.0. The Labute approximate surface area is 277 Å². The molecule has 47 heavy (non-hydrogen) atoms. The van der Waals surface area contributed by atoms with E-state index in [1.165, 1.54) is 66.1 Å². The summed E-state index contributed by atoms with van der Waals surface area (Å²) < 4.78 is 12.5. The van der Waals surface area contributed by atoms with Crippen molar-refractivity contribution in [2.75, 3.05) is 0 Å². The lowest BCUT2D eigenvalue weighted by Gasteiger charge is -2.32. The molecule has 7 aromatic carbocycles. The molecule has 1 fully saturated rings. The zero-order valence-electron chi connectivity index (χ0n) is 27.3. The van der Waals surface area contributed by atoms with Crippen molar-refractivity contribution in [3.63, 3.8) is 0 Å². The van der Waals surface area contributed by atoms with Gasteiger partial charge in [-0.3, -0.25) is 0 Å². The van der Waals surface area contributed by atoms with Crippen molar-refractivity contribution in [2.45, 2.75) is 38.9 Å². The van der Waals surface area contributed by atoms with Gasteiger partial charge >= 0.3 is 7.12 Å². The lowest BCUT2D eigenvalue weighted by atomic mass is 9.78. The maximum atomic E-state index is 6.27. The first-order valence-corrected chi connectivity index (χ1v) is 16.5. The lowest BCUT2D eigenvalue weighted by molar-refractivity contribution is 0.00578. The van der Waals surface area contributed by atoms with E-state index in [2.05, 4.69) is 179 Å². The van der Waals surface area contributed by atoms with E-state index < -0.39 is 0 Å². The lowest BCUT2D eigenvalue weighted by Crippen LogP contribution is -2.41. The molecular weight excluding hydrogens is 571 g/mol. The highest BCUT2D eigenvalue weighted by molar-refractivity contribution is 6.62. The van der Waals surface area contributed by atoms with Crippen molar-refractivity contribution < 1.29 is 9.31 Å². The number of fused-ring (bicyclic) bond motifs is 2. The van der Waals surface area contributed by atoms with Crippen LogP contribution in [0.1, 0.15) is 27.7 Å². The highest BCUT2D eigenvalue weighted by Gasteiger charge is 2.51. The first-order valence-electron chi connectivity index (χ1n) is 16.5. The standard InChI is InChI=1S/C44H37BO2/c1-43(2)44(3,4)47-45(46-43)34-28-26-31(27-29-34)30-22-24-33(25-23-30)41-37-18-10-12-20-39(37)42(40-21-13-11-19-38(40)41)36-17-9-8-16-35(36)32-14-6-5-7-15-32/h5-29H,1-4H3. The molecule has 0 saturated carbocycles. The molecule has 0 radical (unpaired) electrons. The van der Waals surface area contributed by atoms with Crippen LogP contribution >= 0.6 is 0 Å². The highest BCUT2D eigenvalue weighted by atomic mass is 16.7. The SMILES string of the molecule is CC1(C)OB(c2ccc(-c3ccc(-c4c5ccccc5c(-c5ccccc5-c5ccccc5)c5ccccc45)cc3)cc2)OC1(C)C. The van der Waals surface area contributed by atoms with Crippen molar-refractivity contribution in [3.8, 4) is 44.5 Å². The fraction of sp³-hybridized carbons (Fsp3) is 0.136. The van der Waals surface area contributed by atoms with E-state index in [4.69, 9.17) is 9.31 Å². The van der Waals surface area contributed by atoms with Crippen LogP contribution in [0.4, 0.5) is 0 Å². The van der Waals surface area contributed by atoms with Gasteiger partial charge in [-0.1, -0.05) is 152 Å². The van der Waals surface area contributed by atoms with E-state index >= 15 is 0 Å². The molecule has 0 atom stereocenters. The first kappa shape index (κ1) is 29.4. The van der Waals surface area contributed by atoms with E-state index in [1.807, 2.05) is 0 Å². The molecule has 7 aromatic rings. The largest absolute Gasteiger partial charge is 0.494 e. The molecule has 0 spiro atoms. The smallest absolute Gasteiger partial charge is 0.399 e. The minimum Gasteiger partial charge on any atom is -0.399 e. The van der Waals surface area contributed by atoms with Gasteiger partial charge in [-0.25, -0.2) is 0 Å². The summed E-state index contributed by atoms with van der Waals surface area (Å²) in [6.45, 7) is 8.36. The van der Waals surface area contributed by atoms with Gasteiger partial charge in [0.2, 0.25) is 0 Å². The van der Waals surface area contributed by atoms with Crippen LogP contribution in [-0.2, 0) is 9.31 Å². The number of rotatable bonds is 5. The van der Waals surface area contributed by atoms with Crippen LogP contribution in [0.15, 0.2) is 152 Å². The monoisotopic (exact) mass is 608 g/mol. The van der Waals surface area contributed by atoms with Gasteiger partial charge < -0.3 is 9.31 Å². The third-order valence-electron chi connectivity index (χ3n) is 10.2. The van der Waals surface area contributed by atoms with Crippen LogP contribution in [-0.4, -0.2) is 18.3 Å². The van der Waals surface area contributed by atoms with Gasteiger partial charge in [0.25, 0.3) is 0 Å². The van der Waals surface area contributed by atoms with E-state index in [9.17, 15) is 0 Å². The summed E-state index contributed by atoms with van der Waals surface area (Å²) in [6, 6.07) is 54.8. The number of hydrogen-bond donors (Lipinski definition) is 0. The minimum atomic E-state index is -0.361. The van der Waals surface area contributed by atoms with Crippen LogP contribution in [0.2, 0.25) is 0 Å². The Hall–Kier alpha value is -4.96. The third-order valence-corrected chi connectivity index (χ3v) is 10.2. The van der Waals surface area contributed by atoms with E-state index in [0.29, 0.717) is 0 Å². The first-order chi connectivity index (χ1) is 22.8. The molecule has 0 unspecified atom stereocenters. The molecule has 0 aliphatic carbocycles. The summed E-state index contributed by atoms with van der Waals surface area (Å²) >= 11 is 0. The summed E-state index contributed by atoms with van der Waals surface area (Å²) in [6.07, 6.45) is 0. The topological polar surface area (TPSA) is 18.5 Å². The molecule has 3 heteroatoms. The summed E-state index contributed by atoms with van der Waals surface area (Å²) in [5.41, 5.74) is 10.1. The third kappa shape index (κ3) is 5.07. The molecule has 1 saturated heterocycles. The average molecular weight is 609 g/mol. The second-order valence-electron chi connectivity index (χ2n) is 13.5. The minimum absolute atomic E-state index is 0.357. The second kappa shape index (κ2) is 11.4. The molecule has 228 valence electrons. The predicted molar refractivity (Wildman–Crippen MR) is 199 cm³/mol. The molecule has 2 nitrogen and oxygen atoms in total. The zero-order chi connectivity index (χ0) is 32.2. The van der Waals surface area contributed by atoms with Gasteiger partial charge in [0, 0.05) is 0 Å². The van der Waals surface area contributed by atoms with Gasteiger partial charge in [0.05, 0.1) is 11.2 Å². The van der Waals surface area contributed by atoms with Crippen LogP contribution < -0.4 is 5.46 Å².